The smallest absolute Gasteiger partial charge is 0.233 e. The van der Waals surface area contributed by atoms with Crippen LogP contribution in [0.5, 0.6) is 0 Å². The van der Waals surface area contributed by atoms with Crippen LogP contribution in [0.1, 0.15) is 17.5 Å². The lowest BCUT2D eigenvalue weighted by molar-refractivity contribution is -0.123. The number of rotatable bonds is 4. The van der Waals surface area contributed by atoms with Crippen molar-refractivity contribution in [3.05, 3.63) is 65.9 Å². The number of para-hydroxylation sites is 1. The van der Waals surface area contributed by atoms with Gasteiger partial charge in [-0.15, -0.1) is 0 Å². The standard InChI is InChI=1S/C20H19N3O2/c1-13-8-9-16(14(2)11-13)22-18(24)12-19(25)23-17-7-3-5-15-6-4-10-21-20(15)17/h3-11H,12H2,1-2H3,(H,22,24)(H,23,25). The van der Waals surface area contributed by atoms with Crippen LogP contribution in [0.4, 0.5) is 11.4 Å². The lowest BCUT2D eigenvalue weighted by atomic mass is 10.1. The number of benzene rings is 2. The van der Waals surface area contributed by atoms with Crippen LogP contribution < -0.4 is 10.6 Å². The summed E-state index contributed by atoms with van der Waals surface area (Å²) >= 11 is 0. The zero-order valence-electron chi connectivity index (χ0n) is 14.2. The van der Waals surface area contributed by atoms with E-state index in [9.17, 15) is 9.59 Å². The Balaban J connectivity index is 1.66. The van der Waals surface area contributed by atoms with Gasteiger partial charge in [0.05, 0.1) is 11.2 Å². The van der Waals surface area contributed by atoms with Gasteiger partial charge in [0.1, 0.15) is 6.42 Å². The molecule has 0 fully saturated rings. The number of aryl methyl sites for hydroxylation is 2. The van der Waals surface area contributed by atoms with Crippen LogP contribution in [0.15, 0.2) is 54.7 Å². The second kappa shape index (κ2) is 7.13. The van der Waals surface area contributed by atoms with E-state index in [1.807, 2.05) is 56.3 Å². The number of fused-ring (bicyclic) bond motifs is 1. The first-order chi connectivity index (χ1) is 12.0. The monoisotopic (exact) mass is 333 g/mol. The summed E-state index contributed by atoms with van der Waals surface area (Å²) in [6.45, 7) is 3.91. The SMILES string of the molecule is Cc1ccc(NC(=O)CC(=O)Nc2cccc3cccnc23)c(C)c1. The van der Waals surface area contributed by atoms with Crippen molar-refractivity contribution in [3.63, 3.8) is 0 Å². The van der Waals surface area contributed by atoms with Crippen LogP contribution in [0, 0.1) is 13.8 Å². The molecule has 0 aliphatic heterocycles. The van der Waals surface area contributed by atoms with Crippen molar-refractivity contribution >= 4 is 34.1 Å². The fraction of sp³-hybridized carbons (Fsp3) is 0.150. The van der Waals surface area contributed by atoms with Gasteiger partial charge >= 0.3 is 0 Å². The minimum atomic E-state index is -0.375. The maximum absolute atomic E-state index is 12.2. The van der Waals surface area contributed by atoms with Crippen LogP contribution >= 0.6 is 0 Å². The van der Waals surface area contributed by atoms with E-state index >= 15 is 0 Å². The molecule has 5 nitrogen and oxygen atoms in total. The highest BCUT2D eigenvalue weighted by atomic mass is 16.2. The Labute approximate surface area is 146 Å². The second-order valence-corrected chi connectivity index (χ2v) is 5.97. The lowest BCUT2D eigenvalue weighted by Gasteiger charge is -2.10. The predicted molar refractivity (Wildman–Crippen MR) is 99.5 cm³/mol. The Bertz CT molecular complexity index is 945. The van der Waals surface area contributed by atoms with E-state index in [0.29, 0.717) is 11.2 Å². The van der Waals surface area contributed by atoms with Gasteiger partial charge in [-0.05, 0) is 37.6 Å². The first-order valence-electron chi connectivity index (χ1n) is 8.03. The van der Waals surface area contributed by atoms with E-state index in [0.717, 1.165) is 22.2 Å². The molecule has 1 aromatic heterocycles. The van der Waals surface area contributed by atoms with Crippen molar-refractivity contribution in [1.82, 2.24) is 4.98 Å². The largest absolute Gasteiger partial charge is 0.325 e. The van der Waals surface area contributed by atoms with Gasteiger partial charge < -0.3 is 10.6 Å². The molecule has 0 spiro atoms. The minimum Gasteiger partial charge on any atom is -0.325 e. The normalized spacial score (nSPS) is 10.5. The molecule has 0 bridgehead atoms. The Morgan fingerprint density at radius 1 is 0.920 bits per heavy atom. The Hall–Kier alpha value is -3.21. The predicted octanol–water partition coefficient (Wildman–Crippen LogP) is 3.82. The Morgan fingerprint density at radius 3 is 2.40 bits per heavy atom. The third-order valence-corrected chi connectivity index (χ3v) is 3.88. The highest BCUT2D eigenvalue weighted by Crippen LogP contribution is 2.21. The molecule has 0 aliphatic rings. The third-order valence-electron chi connectivity index (χ3n) is 3.88. The summed E-state index contributed by atoms with van der Waals surface area (Å²) in [6.07, 6.45) is 1.42. The van der Waals surface area contributed by atoms with E-state index in [1.54, 1.807) is 12.3 Å². The number of carbonyl (C=O) groups is 2. The molecule has 0 saturated carbocycles. The molecule has 3 aromatic rings. The van der Waals surface area contributed by atoms with E-state index in [1.165, 1.54) is 0 Å². The Kier molecular flexibility index (Phi) is 4.75. The van der Waals surface area contributed by atoms with Crippen molar-refractivity contribution in [3.8, 4) is 0 Å². The van der Waals surface area contributed by atoms with Gasteiger partial charge in [0, 0.05) is 17.3 Å². The second-order valence-electron chi connectivity index (χ2n) is 5.97. The maximum atomic E-state index is 12.2. The summed E-state index contributed by atoms with van der Waals surface area (Å²) in [4.78, 5) is 28.6. The summed E-state index contributed by atoms with van der Waals surface area (Å²) < 4.78 is 0. The van der Waals surface area contributed by atoms with Gasteiger partial charge in [-0.25, -0.2) is 0 Å². The molecule has 2 N–H and O–H groups in total. The molecule has 126 valence electrons. The Morgan fingerprint density at radius 2 is 1.64 bits per heavy atom. The molecule has 0 radical (unpaired) electrons. The number of amides is 2. The molecule has 25 heavy (non-hydrogen) atoms. The highest BCUT2D eigenvalue weighted by Gasteiger charge is 2.12. The van der Waals surface area contributed by atoms with Crippen LogP contribution in [-0.2, 0) is 9.59 Å². The molecule has 1 heterocycles. The van der Waals surface area contributed by atoms with Crippen LogP contribution in [0.3, 0.4) is 0 Å². The van der Waals surface area contributed by atoms with Crippen molar-refractivity contribution < 1.29 is 9.59 Å². The summed E-state index contributed by atoms with van der Waals surface area (Å²) in [7, 11) is 0. The van der Waals surface area contributed by atoms with Gasteiger partial charge in [-0.1, -0.05) is 35.9 Å². The zero-order valence-corrected chi connectivity index (χ0v) is 14.2. The maximum Gasteiger partial charge on any atom is 0.233 e. The number of pyridine rings is 1. The molecule has 0 atom stereocenters. The van der Waals surface area contributed by atoms with Gasteiger partial charge in [0.25, 0.3) is 0 Å². The first kappa shape index (κ1) is 16.6. The van der Waals surface area contributed by atoms with Gasteiger partial charge in [0.2, 0.25) is 11.8 Å². The molecular formula is C20H19N3O2. The first-order valence-corrected chi connectivity index (χ1v) is 8.03. The average molecular weight is 333 g/mol. The fourth-order valence-corrected chi connectivity index (χ4v) is 2.69. The molecule has 0 unspecified atom stereocenters. The number of aromatic nitrogens is 1. The summed E-state index contributed by atoms with van der Waals surface area (Å²) in [6, 6.07) is 15.0. The van der Waals surface area contributed by atoms with Crippen molar-refractivity contribution in [2.45, 2.75) is 20.3 Å². The van der Waals surface area contributed by atoms with Gasteiger partial charge in [-0.3, -0.25) is 14.6 Å². The van der Waals surface area contributed by atoms with Crippen LogP contribution in [0.2, 0.25) is 0 Å². The molecular weight excluding hydrogens is 314 g/mol. The van der Waals surface area contributed by atoms with Gasteiger partial charge in [-0.2, -0.15) is 0 Å². The molecule has 0 saturated heterocycles. The van der Waals surface area contributed by atoms with E-state index < -0.39 is 0 Å². The number of carbonyl (C=O) groups excluding carboxylic acids is 2. The molecule has 0 aliphatic carbocycles. The number of hydrogen-bond donors (Lipinski definition) is 2. The fourth-order valence-electron chi connectivity index (χ4n) is 2.69. The summed E-state index contributed by atoms with van der Waals surface area (Å²) in [5, 5.41) is 6.47. The topological polar surface area (TPSA) is 71.1 Å². The van der Waals surface area contributed by atoms with Crippen LogP contribution in [0.25, 0.3) is 10.9 Å². The zero-order chi connectivity index (χ0) is 17.8. The molecule has 3 rings (SSSR count). The molecule has 2 amide bonds. The molecule has 5 heteroatoms. The number of nitrogens with one attached hydrogen (secondary N) is 2. The van der Waals surface area contributed by atoms with Crippen molar-refractivity contribution in [2.75, 3.05) is 10.6 Å². The number of hydrogen-bond acceptors (Lipinski definition) is 3. The van der Waals surface area contributed by atoms with Crippen molar-refractivity contribution in [1.29, 1.82) is 0 Å². The third kappa shape index (κ3) is 4.01. The van der Waals surface area contributed by atoms with Crippen LogP contribution in [-0.4, -0.2) is 16.8 Å². The summed E-state index contributed by atoms with van der Waals surface area (Å²) in [5.74, 6) is -0.724. The van der Waals surface area contributed by atoms with E-state index in [4.69, 9.17) is 0 Å². The number of nitrogens with zero attached hydrogens (tertiary/aromatic N) is 1. The molecule has 2 aromatic carbocycles. The minimum absolute atomic E-state index is 0.253. The van der Waals surface area contributed by atoms with E-state index in [2.05, 4.69) is 15.6 Å². The van der Waals surface area contributed by atoms with E-state index in [-0.39, 0.29) is 18.2 Å². The highest BCUT2D eigenvalue weighted by molar-refractivity contribution is 6.10. The quantitative estimate of drug-likeness (QED) is 0.713. The number of anilines is 2. The van der Waals surface area contributed by atoms with Gasteiger partial charge in [0.15, 0.2) is 0 Å². The average Bonchev–Trinajstić information content (AvgIpc) is 2.57. The lowest BCUT2D eigenvalue weighted by Crippen LogP contribution is -2.22. The van der Waals surface area contributed by atoms with Crippen molar-refractivity contribution in [2.24, 2.45) is 0 Å². The summed E-state index contributed by atoms with van der Waals surface area (Å²) in [5.41, 5.74) is 4.11.